The van der Waals surface area contributed by atoms with Crippen LogP contribution in [0.5, 0.6) is 5.88 Å². The van der Waals surface area contributed by atoms with Gasteiger partial charge in [0.2, 0.25) is 5.88 Å². The van der Waals surface area contributed by atoms with Crippen LogP contribution in [0.25, 0.3) is 32.8 Å². The third-order valence-electron chi connectivity index (χ3n) is 7.28. The number of aromatic nitrogens is 3. The van der Waals surface area contributed by atoms with E-state index in [9.17, 15) is 4.79 Å². The van der Waals surface area contributed by atoms with Crippen molar-refractivity contribution in [3.63, 3.8) is 0 Å². The molecule has 0 saturated carbocycles. The van der Waals surface area contributed by atoms with E-state index in [1.807, 2.05) is 80.0 Å². The molecule has 0 amide bonds. The van der Waals surface area contributed by atoms with E-state index in [-0.39, 0.29) is 5.43 Å². The van der Waals surface area contributed by atoms with Gasteiger partial charge in [-0.1, -0.05) is 42.5 Å². The van der Waals surface area contributed by atoms with E-state index in [0.717, 1.165) is 46.9 Å². The maximum absolute atomic E-state index is 13.8. The molecule has 0 aliphatic rings. The van der Waals surface area contributed by atoms with Crippen molar-refractivity contribution in [2.24, 2.45) is 0 Å². The molecule has 0 aliphatic carbocycles. The van der Waals surface area contributed by atoms with E-state index in [2.05, 4.69) is 25.5 Å². The zero-order valence-electron chi connectivity index (χ0n) is 22.1. The van der Waals surface area contributed by atoms with Gasteiger partial charge in [-0.3, -0.25) is 9.69 Å². The Labute approximate surface area is 226 Å². The van der Waals surface area contributed by atoms with E-state index < -0.39 is 0 Å². The number of nitrogens with zero attached hydrogens (tertiary/aromatic N) is 4. The monoisotopic (exact) mass is 518 g/mol. The van der Waals surface area contributed by atoms with Crippen molar-refractivity contribution >= 4 is 32.8 Å². The fraction of sp³-hybridized carbons (Fsp3) is 0.219. The molecule has 0 aliphatic heterocycles. The summed E-state index contributed by atoms with van der Waals surface area (Å²) in [6, 6.07) is 24.0. The van der Waals surface area contributed by atoms with Crippen molar-refractivity contribution in [1.29, 1.82) is 0 Å². The van der Waals surface area contributed by atoms with Crippen LogP contribution >= 0.6 is 0 Å². The molecule has 0 bridgehead atoms. The van der Waals surface area contributed by atoms with Crippen molar-refractivity contribution in [2.45, 2.75) is 33.0 Å². The lowest BCUT2D eigenvalue weighted by Crippen LogP contribution is -2.28. The highest BCUT2D eigenvalue weighted by Gasteiger charge is 2.17. The van der Waals surface area contributed by atoms with E-state index in [1.54, 1.807) is 13.3 Å². The predicted molar refractivity (Wildman–Crippen MR) is 154 cm³/mol. The molecule has 0 fully saturated rings. The van der Waals surface area contributed by atoms with Gasteiger partial charge >= 0.3 is 0 Å². The first kappa shape index (κ1) is 24.8. The lowest BCUT2D eigenvalue weighted by atomic mass is 10.0. The Kier molecular flexibility index (Phi) is 6.82. The molecule has 6 aromatic rings. The number of methoxy groups -OCH3 is 1. The number of imidazole rings is 1. The van der Waals surface area contributed by atoms with Crippen molar-refractivity contribution in [2.75, 3.05) is 13.7 Å². The van der Waals surface area contributed by atoms with Gasteiger partial charge in [0.1, 0.15) is 11.3 Å². The summed E-state index contributed by atoms with van der Waals surface area (Å²) in [5.41, 5.74) is 4.56. The van der Waals surface area contributed by atoms with Crippen LogP contribution in [0.4, 0.5) is 0 Å². The van der Waals surface area contributed by atoms with E-state index >= 15 is 0 Å². The molecule has 0 radical (unpaired) electrons. The van der Waals surface area contributed by atoms with Gasteiger partial charge in [0.05, 0.1) is 35.4 Å². The minimum absolute atomic E-state index is 0.0254. The van der Waals surface area contributed by atoms with E-state index in [4.69, 9.17) is 9.15 Å². The normalized spacial score (nSPS) is 11.7. The van der Waals surface area contributed by atoms with Crippen LogP contribution in [-0.2, 0) is 19.6 Å². The minimum atomic E-state index is 0.0254. The second-order valence-corrected chi connectivity index (χ2v) is 9.83. The Morgan fingerprint density at radius 3 is 2.69 bits per heavy atom. The summed E-state index contributed by atoms with van der Waals surface area (Å²) < 4.78 is 13.8. The smallest absolute Gasteiger partial charge is 0.213 e. The van der Waals surface area contributed by atoms with Crippen molar-refractivity contribution in [3.05, 3.63) is 112 Å². The standard InChI is InChI=1S/C32H30N4O3/c1-22-27(31(37)26-13-12-24-8-3-4-9-25(24)32(26)39-22)20-35(19-23-14-15-33-30(18-23)38-2)16-7-17-36-21-34-28-10-5-6-11-29(28)36/h3-6,8-15,18,21H,7,16-17,19-20H2,1-2H3. The molecule has 7 nitrogen and oxygen atoms in total. The summed E-state index contributed by atoms with van der Waals surface area (Å²) in [5.74, 6) is 1.23. The number of ether oxygens (including phenoxy) is 1. The third kappa shape index (κ3) is 5.01. The number of benzene rings is 3. The predicted octanol–water partition coefficient (Wildman–Crippen LogP) is 6.10. The van der Waals surface area contributed by atoms with Crippen molar-refractivity contribution in [3.8, 4) is 5.88 Å². The summed E-state index contributed by atoms with van der Waals surface area (Å²) in [7, 11) is 1.62. The Hall–Kier alpha value is -4.49. The van der Waals surface area contributed by atoms with Gasteiger partial charge < -0.3 is 13.7 Å². The number of rotatable bonds is 9. The zero-order valence-corrected chi connectivity index (χ0v) is 22.1. The Balaban J connectivity index is 1.30. The first-order valence-corrected chi connectivity index (χ1v) is 13.2. The van der Waals surface area contributed by atoms with Crippen LogP contribution in [-0.4, -0.2) is 33.1 Å². The number of pyridine rings is 1. The fourth-order valence-electron chi connectivity index (χ4n) is 5.26. The average Bonchev–Trinajstić information content (AvgIpc) is 3.38. The molecule has 0 spiro atoms. The Morgan fingerprint density at radius 2 is 1.79 bits per heavy atom. The van der Waals surface area contributed by atoms with Crippen LogP contribution < -0.4 is 10.2 Å². The molecule has 0 N–H and O–H groups in total. The molecule has 0 unspecified atom stereocenters. The van der Waals surface area contributed by atoms with Crippen LogP contribution in [0.3, 0.4) is 0 Å². The van der Waals surface area contributed by atoms with Gasteiger partial charge in [-0.15, -0.1) is 0 Å². The van der Waals surface area contributed by atoms with Crippen LogP contribution in [0, 0.1) is 6.92 Å². The first-order chi connectivity index (χ1) is 19.1. The highest BCUT2D eigenvalue weighted by Crippen LogP contribution is 2.26. The van der Waals surface area contributed by atoms with Crippen LogP contribution in [0.15, 0.2) is 94.5 Å². The summed E-state index contributed by atoms with van der Waals surface area (Å²) in [4.78, 5) is 24.8. The lowest BCUT2D eigenvalue weighted by Gasteiger charge is -2.23. The lowest BCUT2D eigenvalue weighted by molar-refractivity contribution is 0.245. The highest BCUT2D eigenvalue weighted by molar-refractivity contribution is 6.03. The molecule has 3 heterocycles. The molecule has 3 aromatic heterocycles. The largest absolute Gasteiger partial charge is 0.481 e. The van der Waals surface area contributed by atoms with Crippen molar-refractivity contribution in [1.82, 2.24) is 19.4 Å². The molecule has 0 atom stereocenters. The average molecular weight is 519 g/mol. The van der Waals surface area contributed by atoms with E-state index in [1.165, 1.54) is 0 Å². The van der Waals surface area contributed by atoms with E-state index in [0.29, 0.717) is 41.3 Å². The van der Waals surface area contributed by atoms with Crippen LogP contribution in [0.1, 0.15) is 23.3 Å². The van der Waals surface area contributed by atoms with Crippen LogP contribution in [0.2, 0.25) is 0 Å². The minimum Gasteiger partial charge on any atom is -0.481 e. The number of hydrogen-bond acceptors (Lipinski definition) is 6. The number of aryl methyl sites for hydroxylation is 2. The number of para-hydroxylation sites is 2. The molecule has 3 aromatic carbocycles. The van der Waals surface area contributed by atoms with Gasteiger partial charge in [0.25, 0.3) is 0 Å². The first-order valence-electron chi connectivity index (χ1n) is 13.2. The molecule has 39 heavy (non-hydrogen) atoms. The zero-order chi connectivity index (χ0) is 26.8. The number of hydrogen-bond donors (Lipinski definition) is 0. The SMILES string of the molecule is COc1cc(CN(CCCn2cnc3ccccc32)Cc2c(C)oc3c(ccc4ccccc43)c2=O)ccn1. The summed E-state index contributed by atoms with van der Waals surface area (Å²) in [6.45, 7) is 4.63. The van der Waals surface area contributed by atoms with Gasteiger partial charge in [-0.05, 0) is 48.6 Å². The maximum Gasteiger partial charge on any atom is 0.213 e. The Morgan fingerprint density at radius 1 is 0.949 bits per heavy atom. The summed E-state index contributed by atoms with van der Waals surface area (Å²) >= 11 is 0. The second kappa shape index (κ2) is 10.7. The van der Waals surface area contributed by atoms with Gasteiger partial charge in [0, 0.05) is 43.8 Å². The summed E-state index contributed by atoms with van der Waals surface area (Å²) in [6.07, 6.45) is 4.55. The topological polar surface area (TPSA) is 73.4 Å². The summed E-state index contributed by atoms with van der Waals surface area (Å²) in [5, 5.41) is 2.63. The fourth-order valence-corrected chi connectivity index (χ4v) is 5.26. The number of fused-ring (bicyclic) bond motifs is 4. The Bertz CT molecular complexity index is 1840. The van der Waals surface area contributed by atoms with Crippen molar-refractivity contribution < 1.29 is 9.15 Å². The molecule has 0 saturated heterocycles. The molecular weight excluding hydrogens is 488 g/mol. The maximum atomic E-state index is 13.8. The van der Waals surface area contributed by atoms with Gasteiger partial charge in [-0.2, -0.15) is 0 Å². The highest BCUT2D eigenvalue weighted by atomic mass is 16.5. The van der Waals surface area contributed by atoms with Gasteiger partial charge in [-0.25, -0.2) is 9.97 Å². The second-order valence-electron chi connectivity index (χ2n) is 9.83. The molecule has 196 valence electrons. The van der Waals surface area contributed by atoms with Gasteiger partial charge in [0.15, 0.2) is 5.43 Å². The quantitative estimate of drug-likeness (QED) is 0.215. The molecular formula is C32H30N4O3. The molecule has 6 rings (SSSR count). The third-order valence-corrected chi connectivity index (χ3v) is 7.28. The molecule has 7 heteroatoms.